The van der Waals surface area contributed by atoms with E-state index in [1.807, 2.05) is 0 Å². The Morgan fingerprint density at radius 2 is 1.89 bits per heavy atom. The lowest BCUT2D eigenvalue weighted by Crippen LogP contribution is -2.52. The second kappa shape index (κ2) is 9.15. The SMILES string of the molecule is CC[C@H](NC(=O)NC(C)C(=O)NCCOC)C(=O)O. The molecule has 0 saturated heterocycles. The number of methoxy groups -OCH3 is 1. The van der Waals surface area contributed by atoms with Crippen molar-refractivity contribution in [1.29, 1.82) is 0 Å². The Bertz CT molecular complexity index is 321. The minimum Gasteiger partial charge on any atom is -0.480 e. The van der Waals surface area contributed by atoms with Gasteiger partial charge in [-0.1, -0.05) is 6.92 Å². The summed E-state index contributed by atoms with van der Waals surface area (Å²) in [6, 6.07) is -2.42. The molecule has 8 heteroatoms. The highest BCUT2D eigenvalue weighted by atomic mass is 16.5. The van der Waals surface area contributed by atoms with E-state index in [0.717, 1.165) is 0 Å². The summed E-state index contributed by atoms with van der Waals surface area (Å²) < 4.78 is 4.77. The maximum atomic E-state index is 11.5. The van der Waals surface area contributed by atoms with Crippen molar-refractivity contribution in [3.05, 3.63) is 0 Å². The van der Waals surface area contributed by atoms with E-state index >= 15 is 0 Å². The van der Waals surface area contributed by atoms with Gasteiger partial charge >= 0.3 is 12.0 Å². The number of hydrogen-bond donors (Lipinski definition) is 4. The fourth-order valence-corrected chi connectivity index (χ4v) is 1.23. The van der Waals surface area contributed by atoms with Crippen LogP contribution in [0.3, 0.4) is 0 Å². The fourth-order valence-electron chi connectivity index (χ4n) is 1.23. The zero-order chi connectivity index (χ0) is 14.8. The molecule has 4 N–H and O–H groups in total. The summed E-state index contributed by atoms with van der Waals surface area (Å²) in [7, 11) is 1.51. The van der Waals surface area contributed by atoms with Gasteiger partial charge in [0.05, 0.1) is 6.61 Å². The Balaban J connectivity index is 4.10. The second-order valence-corrected chi connectivity index (χ2v) is 3.92. The largest absolute Gasteiger partial charge is 0.480 e. The van der Waals surface area contributed by atoms with E-state index in [0.29, 0.717) is 13.2 Å². The molecule has 0 spiro atoms. The van der Waals surface area contributed by atoms with E-state index in [1.165, 1.54) is 14.0 Å². The van der Waals surface area contributed by atoms with Crippen LogP contribution in [0.25, 0.3) is 0 Å². The molecule has 8 nitrogen and oxygen atoms in total. The number of rotatable bonds is 8. The molecule has 0 aromatic carbocycles. The van der Waals surface area contributed by atoms with Crippen LogP contribution in [-0.4, -0.2) is 55.4 Å². The molecule has 110 valence electrons. The molecule has 1 unspecified atom stereocenters. The Kier molecular flexibility index (Phi) is 8.27. The molecule has 0 aliphatic carbocycles. The van der Waals surface area contributed by atoms with Crippen molar-refractivity contribution in [2.45, 2.75) is 32.4 Å². The maximum Gasteiger partial charge on any atom is 0.326 e. The van der Waals surface area contributed by atoms with Gasteiger partial charge in [0.15, 0.2) is 0 Å². The number of hydrogen-bond acceptors (Lipinski definition) is 4. The van der Waals surface area contributed by atoms with Gasteiger partial charge in [-0.05, 0) is 13.3 Å². The normalized spacial score (nSPS) is 13.2. The van der Waals surface area contributed by atoms with Gasteiger partial charge in [-0.3, -0.25) is 4.79 Å². The topological polar surface area (TPSA) is 117 Å². The first-order valence-electron chi connectivity index (χ1n) is 5.98. The number of ether oxygens (including phenoxy) is 1. The van der Waals surface area contributed by atoms with Crippen LogP contribution in [0.1, 0.15) is 20.3 Å². The number of carboxylic acids is 1. The molecule has 0 fully saturated rings. The number of nitrogens with one attached hydrogen (secondary N) is 3. The van der Waals surface area contributed by atoms with Crippen LogP contribution < -0.4 is 16.0 Å². The van der Waals surface area contributed by atoms with Crippen LogP contribution in [0.5, 0.6) is 0 Å². The van der Waals surface area contributed by atoms with Gasteiger partial charge in [0.1, 0.15) is 12.1 Å². The Morgan fingerprint density at radius 3 is 2.37 bits per heavy atom. The molecule has 0 aromatic heterocycles. The molecule has 0 aliphatic heterocycles. The predicted octanol–water partition coefficient (Wildman–Crippen LogP) is -0.700. The zero-order valence-corrected chi connectivity index (χ0v) is 11.4. The number of carbonyl (C=O) groups excluding carboxylic acids is 2. The van der Waals surface area contributed by atoms with Gasteiger partial charge in [0, 0.05) is 13.7 Å². The number of amides is 3. The van der Waals surface area contributed by atoms with Gasteiger partial charge in [0.2, 0.25) is 5.91 Å². The third-order valence-corrected chi connectivity index (χ3v) is 2.36. The molecule has 3 amide bonds. The van der Waals surface area contributed by atoms with E-state index in [-0.39, 0.29) is 12.3 Å². The van der Waals surface area contributed by atoms with Crippen molar-refractivity contribution in [3.63, 3.8) is 0 Å². The quantitative estimate of drug-likeness (QED) is 0.437. The fraction of sp³-hybridized carbons (Fsp3) is 0.727. The van der Waals surface area contributed by atoms with E-state index in [4.69, 9.17) is 9.84 Å². The first-order valence-corrected chi connectivity index (χ1v) is 5.98. The molecule has 0 saturated carbocycles. The highest BCUT2D eigenvalue weighted by Crippen LogP contribution is 1.91. The number of urea groups is 1. The molecule has 0 heterocycles. The molecule has 0 aromatic rings. The lowest BCUT2D eigenvalue weighted by molar-refractivity contribution is -0.139. The molecule has 0 bridgehead atoms. The minimum absolute atomic E-state index is 0.261. The standard InChI is InChI=1S/C11H21N3O5/c1-4-8(10(16)17)14-11(18)13-7(2)9(15)12-5-6-19-3/h7-8H,4-6H2,1-3H3,(H,12,15)(H,16,17)(H2,13,14,18)/t7?,8-/m0/s1. The van der Waals surface area contributed by atoms with Crippen LogP contribution in [-0.2, 0) is 14.3 Å². The van der Waals surface area contributed by atoms with Crippen LogP contribution in [0, 0.1) is 0 Å². The summed E-state index contributed by atoms with van der Waals surface area (Å²) in [6.45, 7) is 3.86. The summed E-state index contributed by atoms with van der Waals surface area (Å²) in [5.74, 6) is -1.48. The van der Waals surface area contributed by atoms with Crippen LogP contribution in [0.4, 0.5) is 4.79 Å². The van der Waals surface area contributed by atoms with E-state index < -0.39 is 24.1 Å². The third kappa shape index (κ3) is 7.24. The highest BCUT2D eigenvalue weighted by molar-refractivity contribution is 5.88. The number of carboxylic acid groups (broad SMARTS) is 1. The van der Waals surface area contributed by atoms with Gasteiger partial charge in [-0.25, -0.2) is 9.59 Å². The molecule has 19 heavy (non-hydrogen) atoms. The van der Waals surface area contributed by atoms with Crippen molar-refractivity contribution < 1.29 is 24.2 Å². The minimum atomic E-state index is -1.12. The van der Waals surface area contributed by atoms with Crippen molar-refractivity contribution in [1.82, 2.24) is 16.0 Å². The molecule has 2 atom stereocenters. The summed E-state index contributed by atoms with van der Waals surface area (Å²) in [5, 5.41) is 16.0. The summed E-state index contributed by atoms with van der Waals surface area (Å²) in [6.07, 6.45) is 0.261. The third-order valence-electron chi connectivity index (χ3n) is 2.36. The van der Waals surface area contributed by atoms with Crippen molar-refractivity contribution in [2.24, 2.45) is 0 Å². The van der Waals surface area contributed by atoms with Crippen molar-refractivity contribution in [2.75, 3.05) is 20.3 Å². The van der Waals surface area contributed by atoms with Crippen LogP contribution in [0.15, 0.2) is 0 Å². The Hall–Kier alpha value is -1.83. The molecular formula is C11H21N3O5. The predicted molar refractivity (Wildman–Crippen MR) is 67.7 cm³/mol. The smallest absolute Gasteiger partial charge is 0.326 e. The highest BCUT2D eigenvalue weighted by Gasteiger charge is 2.20. The average Bonchev–Trinajstić information content (AvgIpc) is 2.35. The molecular weight excluding hydrogens is 254 g/mol. The van der Waals surface area contributed by atoms with Crippen molar-refractivity contribution >= 4 is 17.9 Å². The Morgan fingerprint density at radius 1 is 1.26 bits per heavy atom. The first-order chi connectivity index (χ1) is 8.92. The summed E-state index contributed by atoms with van der Waals surface area (Å²) in [4.78, 5) is 33.7. The van der Waals surface area contributed by atoms with Crippen LogP contribution in [0.2, 0.25) is 0 Å². The number of carbonyl (C=O) groups is 3. The summed E-state index contributed by atoms with van der Waals surface area (Å²) in [5.41, 5.74) is 0. The molecule has 0 aliphatic rings. The van der Waals surface area contributed by atoms with Gasteiger partial charge in [-0.2, -0.15) is 0 Å². The van der Waals surface area contributed by atoms with Crippen molar-refractivity contribution in [3.8, 4) is 0 Å². The maximum absolute atomic E-state index is 11.5. The first kappa shape index (κ1) is 17.2. The van der Waals surface area contributed by atoms with E-state index in [1.54, 1.807) is 6.92 Å². The lowest BCUT2D eigenvalue weighted by Gasteiger charge is -2.17. The average molecular weight is 275 g/mol. The monoisotopic (exact) mass is 275 g/mol. The van der Waals surface area contributed by atoms with E-state index in [9.17, 15) is 14.4 Å². The number of aliphatic carboxylic acids is 1. The molecule has 0 radical (unpaired) electrons. The van der Waals surface area contributed by atoms with E-state index in [2.05, 4.69) is 16.0 Å². The summed E-state index contributed by atoms with van der Waals surface area (Å²) >= 11 is 0. The Labute approximate surface area is 111 Å². The second-order valence-electron chi connectivity index (χ2n) is 3.92. The van der Waals surface area contributed by atoms with Gasteiger partial charge < -0.3 is 25.8 Å². The lowest BCUT2D eigenvalue weighted by atomic mass is 10.2. The molecule has 0 rings (SSSR count). The van der Waals surface area contributed by atoms with Crippen LogP contribution >= 0.6 is 0 Å². The van der Waals surface area contributed by atoms with Gasteiger partial charge in [-0.15, -0.1) is 0 Å². The zero-order valence-electron chi connectivity index (χ0n) is 11.4. The van der Waals surface area contributed by atoms with Gasteiger partial charge in [0.25, 0.3) is 0 Å².